The SMILES string of the molecule is N#Cc1ccccc1N1C(=O)[C@H]2[C@@H](C1=O)[C@@]1(CO)C=C[C@H]2O1. The molecule has 4 atom stereocenters. The summed E-state index contributed by atoms with van der Waals surface area (Å²) in [7, 11) is 0. The van der Waals surface area contributed by atoms with Crippen molar-refractivity contribution in [3.63, 3.8) is 0 Å². The van der Waals surface area contributed by atoms with E-state index in [-0.39, 0.29) is 18.1 Å². The quantitative estimate of drug-likeness (QED) is 0.628. The van der Waals surface area contributed by atoms with Gasteiger partial charge in [0.15, 0.2) is 0 Å². The minimum atomic E-state index is -1.11. The lowest BCUT2D eigenvalue weighted by molar-refractivity contribution is -0.128. The van der Waals surface area contributed by atoms with Gasteiger partial charge in [-0.25, -0.2) is 4.90 Å². The highest BCUT2D eigenvalue weighted by atomic mass is 16.5. The van der Waals surface area contributed by atoms with Crippen LogP contribution >= 0.6 is 0 Å². The molecule has 1 aromatic carbocycles. The average molecular weight is 296 g/mol. The summed E-state index contributed by atoms with van der Waals surface area (Å²) < 4.78 is 5.66. The second-order valence-electron chi connectivity index (χ2n) is 5.70. The normalized spacial score (nSPS) is 35.1. The van der Waals surface area contributed by atoms with Crippen LogP contribution in [0.2, 0.25) is 0 Å². The van der Waals surface area contributed by atoms with Gasteiger partial charge in [0.1, 0.15) is 11.7 Å². The summed E-state index contributed by atoms with van der Waals surface area (Å²) in [6.45, 7) is -0.353. The van der Waals surface area contributed by atoms with Crippen molar-refractivity contribution in [2.45, 2.75) is 11.7 Å². The number of aliphatic hydroxyl groups is 1. The van der Waals surface area contributed by atoms with Crippen LogP contribution in [0.4, 0.5) is 5.69 Å². The van der Waals surface area contributed by atoms with Crippen molar-refractivity contribution in [1.82, 2.24) is 0 Å². The molecule has 0 spiro atoms. The lowest BCUT2D eigenvalue weighted by Gasteiger charge is -2.26. The van der Waals surface area contributed by atoms with Gasteiger partial charge >= 0.3 is 0 Å². The molecule has 0 unspecified atom stereocenters. The van der Waals surface area contributed by atoms with Crippen LogP contribution < -0.4 is 4.90 Å². The maximum Gasteiger partial charge on any atom is 0.241 e. The van der Waals surface area contributed by atoms with E-state index in [0.717, 1.165) is 4.90 Å². The fourth-order valence-corrected chi connectivity index (χ4v) is 3.68. The molecule has 2 bridgehead atoms. The fraction of sp³-hybridized carbons (Fsp3) is 0.312. The van der Waals surface area contributed by atoms with Crippen LogP contribution in [0.1, 0.15) is 5.56 Å². The Morgan fingerprint density at radius 2 is 2.09 bits per heavy atom. The highest BCUT2D eigenvalue weighted by Gasteiger charge is 2.67. The van der Waals surface area contributed by atoms with Crippen LogP contribution in [0.3, 0.4) is 0 Å². The molecule has 3 heterocycles. The number of ether oxygens (including phenoxy) is 1. The predicted octanol–water partition coefficient (Wildman–Crippen LogP) is 0.364. The maximum absolute atomic E-state index is 12.8. The van der Waals surface area contributed by atoms with Crippen molar-refractivity contribution in [2.75, 3.05) is 11.5 Å². The molecule has 3 aliphatic rings. The summed E-state index contributed by atoms with van der Waals surface area (Å²) in [6, 6.07) is 8.50. The van der Waals surface area contributed by atoms with Crippen LogP contribution in [0.25, 0.3) is 0 Å². The van der Waals surface area contributed by atoms with Gasteiger partial charge < -0.3 is 9.84 Å². The van der Waals surface area contributed by atoms with E-state index in [1.54, 1.807) is 36.4 Å². The number of nitrogens with zero attached hydrogens (tertiary/aromatic N) is 2. The molecule has 6 nitrogen and oxygen atoms in total. The Morgan fingerprint density at radius 1 is 1.32 bits per heavy atom. The second-order valence-corrected chi connectivity index (χ2v) is 5.70. The number of nitriles is 1. The highest BCUT2D eigenvalue weighted by molar-refractivity contribution is 6.23. The molecular formula is C16H12N2O4. The maximum atomic E-state index is 12.8. The van der Waals surface area contributed by atoms with E-state index in [0.29, 0.717) is 5.69 Å². The van der Waals surface area contributed by atoms with Crippen LogP contribution in [-0.2, 0) is 14.3 Å². The minimum absolute atomic E-state index is 0.267. The number of hydrogen-bond donors (Lipinski definition) is 1. The molecule has 6 heteroatoms. The van der Waals surface area contributed by atoms with Crippen molar-refractivity contribution in [2.24, 2.45) is 11.8 Å². The fourth-order valence-electron chi connectivity index (χ4n) is 3.68. The number of benzene rings is 1. The van der Waals surface area contributed by atoms with Gasteiger partial charge in [0.25, 0.3) is 0 Å². The molecule has 0 saturated carbocycles. The van der Waals surface area contributed by atoms with Crippen molar-refractivity contribution in [1.29, 1.82) is 5.26 Å². The van der Waals surface area contributed by atoms with E-state index in [1.807, 2.05) is 6.07 Å². The largest absolute Gasteiger partial charge is 0.393 e. The zero-order valence-corrected chi connectivity index (χ0v) is 11.5. The van der Waals surface area contributed by atoms with Gasteiger partial charge in [0, 0.05) is 0 Å². The smallest absolute Gasteiger partial charge is 0.241 e. The number of hydrogen-bond acceptors (Lipinski definition) is 5. The van der Waals surface area contributed by atoms with E-state index >= 15 is 0 Å². The summed E-state index contributed by atoms with van der Waals surface area (Å²) in [5.74, 6) is -2.15. The van der Waals surface area contributed by atoms with Crippen molar-refractivity contribution >= 4 is 17.5 Å². The average Bonchev–Trinajstić information content (AvgIpc) is 3.18. The summed E-state index contributed by atoms with van der Waals surface area (Å²) in [6.07, 6.45) is 2.90. The Labute approximate surface area is 126 Å². The van der Waals surface area contributed by atoms with Crippen molar-refractivity contribution in [3.05, 3.63) is 42.0 Å². The number of rotatable bonds is 2. The first-order valence-electron chi connectivity index (χ1n) is 6.98. The Balaban J connectivity index is 1.82. The molecule has 0 aromatic heterocycles. The van der Waals surface area contributed by atoms with Gasteiger partial charge in [-0.3, -0.25) is 9.59 Å². The highest BCUT2D eigenvalue weighted by Crippen LogP contribution is 2.52. The van der Waals surface area contributed by atoms with E-state index in [4.69, 9.17) is 4.74 Å². The molecule has 0 aliphatic carbocycles. The zero-order chi connectivity index (χ0) is 15.5. The third-order valence-electron chi connectivity index (χ3n) is 4.67. The van der Waals surface area contributed by atoms with Crippen molar-refractivity contribution < 1.29 is 19.4 Å². The van der Waals surface area contributed by atoms with Crippen molar-refractivity contribution in [3.8, 4) is 6.07 Å². The zero-order valence-electron chi connectivity index (χ0n) is 11.5. The number of anilines is 1. The van der Waals surface area contributed by atoms with Gasteiger partial charge in [-0.2, -0.15) is 5.26 Å². The van der Waals surface area contributed by atoms with Gasteiger partial charge in [-0.15, -0.1) is 0 Å². The number of fused-ring (bicyclic) bond motifs is 5. The van der Waals surface area contributed by atoms with E-state index < -0.39 is 29.4 Å². The molecular weight excluding hydrogens is 284 g/mol. The number of carbonyl (C=O) groups is 2. The summed E-state index contributed by atoms with van der Waals surface area (Å²) >= 11 is 0. The summed E-state index contributed by atoms with van der Waals surface area (Å²) in [4.78, 5) is 26.6. The number of carbonyl (C=O) groups excluding carboxylic acids is 2. The molecule has 2 amide bonds. The molecule has 2 fully saturated rings. The van der Waals surface area contributed by atoms with E-state index in [1.165, 1.54) is 0 Å². The third kappa shape index (κ3) is 1.39. The lowest BCUT2D eigenvalue weighted by Crippen LogP contribution is -2.43. The third-order valence-corrected chi connectivity index (χ3v) is 4.67. The molecule has 22 heavy (non-hydrogen) atoms. The molecule has 0 radical (unpaired) electrons. The Hall–Kier alpha value is -2.49. The number of para-hydroxylation sites is 1. The number of imide groups is 1. The summed E-state index contributed by atoms with van der Waals surface area (Å²) in [5, 5.41) is 18.8. The van der Waals surface area contributed by atoms with Gasteiger partial charge in [-0.05, 0) is 12.1 Å². The van der Waals surface area contributed by atoms with E-state index in [2.05, 4.69) is 0 Å². The molecule has 1 aromatic rings. The van der Waals surface area contributed by atoms with Crippen LogP contribution in [0.15, 0.2) is 36.4 Å². The standard InChI is InChI=1S/C16H12N2O4/c17-7-9-3-1-2-4-10(9)18-14(20)12-11-5-6-16(8-19,22-11)13(12)15(18)21/h1-6,11-13,19H,8H2/t11-,12-,13+,16+/m1/s1. The monoisotopic (exact) mass is 296 g/mol. The second kappa shape index (κ2) is 4.26. The molecule has 4 rings (SSSR count). The van der Waals surface area contributed by atoms with Crippen LogP contribution in [0.5, 0.6) is 0 Å². The Morgan fingerprint density at radius 3 is 2.82 bits per heavy atom. The Bertz CT molecular complexity index is 766. The minimum Gasteiger partial charge on any atom is -0.393 e. The molecule has 3 aliphatic heterocycles. The first kappa shape index (κ1) is 13.2. The topological polar surface area (TPSA) is 90.6 Å². The number of aliphatic hydroxyl groups excluding tert-OH is 1. The summed E-state index contributed by atoms with van der Waals surface area (Å²) in [5.41, 5.74) is -0.552. The van der Waals surface area contributed by atoms with Crippen LogP contribution in [-0.4, -0.2) is 35.2 Å². The van der Waals surface area contributed by atoms with Gasteiger partial charge in [0.05, 0.1) is 35.8 Å². The first-order chi connectivity index (χ1) is 10.6. The van der Waals surface area contributed by atoms with E-state index in [9.17, 15) is 20.0 Å². The number of amides is 2. The van der Waals surface area contributed by atoms with Crippen LogP contribution in [0, 0.1) is 23.2 Å². The molecule has 2 saturated heterocycles. The van der Waals surface area contributed by atoms with Gasteiger partial charge in [0.2, 0.25) is 11.8 Å². The first-order valence-corrected chi connectivity index (χ1v) is 6.98. The lowest BCUT2D eigenvalue weighted by atomic mass is 9.77. The molecule has 1 N–H and O–H groups in total. The Kier molecular flexibility index (Phi) is 2.55. The predicted molar refractivity (Wildman–Crippen MR) is 74.5 cm³/mol. The van der Waals surface area contributed by atoms with Gasteiger partial charge in [-0.1, -0.05) is 24.3 Å². The molecule has 110 valence electrons.